The first-order chi connectivity index (χ1) is 7.11. The Bertz CT molecular complexity index is 324. The molecule has 2 bridgehead atoms. The van der Waals surface area contributed by atoms with Crippen LogP contribution < -0.4 is 0 Å². The summed E-state index contributed by atoms with van der Waals surface area (Å²) in [5.74, 6) is -0.947. The third kappa shape index (κ3) is 1.30. The van der Waals surface area contributed by atoms with Gasteiger partial charge in [0.1, 0.15) is 24.2 Å². The van der Waals surface area contributed by atoms with E-state index < -0.39 is 5.79 Å². The maximum Gasteiger partial charge on any atom is 0.187 e. The number of rotatable bonds is 0. The summed E-state index contributed by atoms with van der Waals surface area (Å²) in [6, 6.07) is 2.23. The average molecular weight is 211 g/mol. The molecule has 0 N–H and O–H groups in total. The van der Waals surface area contributed by atoms with Gasteiger partial charge >= 0.3 is 0 Å². The van der Waals surface area contributed by atoms with E-state index in [-0.39, 0.29) is 30.5 Å². The topological polar surface area (TPSA) is 60.7 Å². The predicted molar refractivity (Wildman–Crippen MR) is 47.5 cm³/mol. The van der Waals surface area contributed by atoms with Crippen molar-refractivity contribution in [1.29, 1.82) is 5.26 Å². The Morgan fingerprint density at radius 1 is 1.27 bits per heavy atom. The molecule has 3 aliphatic rings. The molecular formula is C10H13NO4. The lowest BCUT2D eigenvalue weighted by Crippen LogP contribution is -2.48. The van der Waals surface area contributed by atoms with Crippen LogP contribution in [0.3, 0.4) is 0 Å². The second-order valence-electron chi connectivity index (χ2n) is 4.60. The van der Waals surface area contributed by atoms with Crippen LogP contribution in [0.1, 0.15) is 13.8 Å². The van der Waals surface area contributed by atoms with Gasteiger partial charge in [0, 0.05) is 0 Å². The van der Waals surface area contributed by atoms with E-state index in [2.05, 4.69) is 6.07 Å². The third-order valence-electron chi connectivity index (χ3n) is 3.07. The van der Waals surface area contributed by atoms with Crippen molar-refractivity contribution in [2.45, 2.75) is 44.2 Å². The fourth-order valence-electron chi connectivity index (χ4n) is 2.47. The monoisotopic (exact) mass is 211 g/mol. The first-order valence-electron chi connectivity index (χ1n) is 5.13. The molecule has 5 heteroatoms. The normalized spacial score (nSPS) is 51.1. The van der Waals surface area contributed by atoms with Crippen molar-refractivity contribution in [3.8, 4) is 6.07 Å². The Morgan fingerprint density at radius 3 is 2.73 bits per heavy atom. The van der Waals surface area contributed by atoms with Gasteiger partial charge in [-0.2, -0.15) is 5.26 Å². The lowest BCUT2D eigenvalue weighted by molar-refractivity contribution is -0.188. The summed E-state index contributed by atoms with van der Waals surface area (Å²) in [5.41, 5.74) is 0. The number of nitriles is 1. The molecular weight excluding hydrogens is 198 g/mol. The van der Waals surface area contributed by atoms with Crippen molar-refractivity contribution in [1.82, 2.24) is 0 Å². The van der Waals surface area contributed by atoms with Crippen molar-refractivity contribution in [2.75, 3.05) is 6.61 Å². The molecule has 0 saturated carbocycles. The molecule has 0 aromatic heterocycles. The first-order valence-corrected chi connectivity index (χ1v) is 5.13. The molecule has 0 unspecified atom stereocenters. The van der Waals surface area contributed by atoms with Gasteiger partial charge in [-0.05, 0) is 13.8 Å². The smallest absolute Gasteiger partial charge is 0.187 e. The van der Waals surface area contributed by atoms with E-state index in [9.17, 15) is 0 Å². The van der Waals surface area contributed by atoms with E-state index in [1.165, 1.54) is 0 Å². The molecule has 0 spiro atoms. The summed E-state index contributed by atoms with van der Waals surface area (Å²) < 4.78 is 22.4. The van der Waals surface area contributed by atoms with Crippen LogP contribution in [0.2, 0.25) is 0 Å². The number of fused-ring (bicyclic) bond motifs is 4. The minimum absolute atomic E-state index is 0.168. The van der Waals surface area contributed by atoms with E-state index >= 15 is 0 Å². The highest BCUT2D eigenvalue weighted by molar-refractivity contribution is 5.06. The van der Waals surface area contributed by atoms with E-state index in [1.807, 2.05) is 13.8 Å². The van der Waals surface area contributed by atoms with E-state index in [0.717, 1.165) is 0 Å². The zero-order chi connectivity index (χ0) is 10.6. The Labute approximate surface area is 87.9 Å². The first kappa shape index (κ1) is 9.55. The molecule has 3 aliphatic heterocycles. The molecule has 5 atom stereocenters. The molecule has 3 rings (SSSR count). The molecule has 0 aromatic carbocycles. The van der Waals surface area contributed by atoms with Crippen molar-refractivity contribution in [3.05, 3.63) is 0 Å². The molecule has 0 aromatic rings. The molecule has 0 aliphatic carbocycles. The molecule has 82 valence electrons. The average Bonchev–Trinajstić information content (AvgIpc) is 2.70. The number of nitrogens with zero attached hydrogens (tertiary/aromatic N) is 1. The second kappa shape index (κ2) is 2.92. The Balaban J connectivity index is 1.92. The maximum atomic E-state index is 9.11. The summed E-state index contributed by atoms with van der Waals surface area (Å²) in [6.07, 6.45) is -1.04. The number of hydrogen-bond acceptors (Lipinski definition) is 5. The largest absolute Gasteiger partial charge is 0.347 e. The molecule has 0 amide bonds. The van der Waals surface area contributed by atoms with Gasteiger partial charge in [-0.15, -0.1) is 0 Å². The Morgan fingerprint density at radius 2 is 2.00 bits per heavy atom. The zero-order valence-corrected chi connectivity index (χ0v) is 8.67. The van der Waals surface area contributed by atoms with Gasteiger partial charge in [0.2, 0.25) is 0 Å². The van der Waals surface area contributed by atoms with Crippen LogP contribution in [0.15, 0.2) is 0 Å². The summed E-state index contributed by atoms with van der Waals surface area (Å²) in [7, 11) is 0. The van der Waals surface area contributed by atoms with Crippen LogP contribution in [0.25, 0.3) is 0 Å². The minimum atomic E-state index is -0.651. The van der Waals surface area contributed by atoms with Gasteiger partial charge in [-0.25, -0.2) is 0 Å². The van der Waals surface area contributed by atoms with Crippen LogP contribution in [0, 0.1) is 17.2 Å². The maximum absolute atomic E-state index is 9.11. The van der Waals surface area contributed by atoms with Gasteiger partial charge < -0.3 is 18.9 Å². The van der Waals surface area contributed by atoms with Gasteiger partial charge in [0.25, 0.3) is 0 Å². The molecule has 5 nitrogen and oxygen atoms in total. The quantitative estimate of drug-likeness (QED) is 0.580. The molecule has 0 radical (unpaired) electrons. The lowest BCUT2D eigenvalue weighted by atomic mass is 9.92. The SMILES string of the molecule is CC1(C)O[C@@H]2[C@H]3OC[C@@H](O3)[C@@H](C#N)[C@H]2O1. The van der Waals surface area contributed by atoms with E-state index in [1.54, 1.807) is 0 Å². The highest BCUT2D eigenvalue weighted by Gasteiger charge is 2.58. The summed E-state index contributed by atoms with van der Waals surface area (Å²) >= 11 is 0. The zero-order valence-electron chi connectivity index (χ0n) is 8.67. The van der Waals surface area contributed by atoms with Crippen molar-refractivity contribution in [2.24, 2.45) is 5.92 Å². The van der Waals surface area contributed by atoms with Gasteiger partial charge in [-0.1, -0.05) is 0 Å². The van der Waals surface area contributed by atoms with Crippen LogP contribution >= 0.6 is 0 Å². The minimum Gasteiger partial charge on any atom is -0.347 e. The number of hydrogen-bond donors (Lipinski definition) is 0. The molecule has 3 heterocycles. The van der Waals surface area contributed by atoms with Gasteiger partial charge in [0.05, 0.1) is 12.7 Å². The third-order valence-corrected chi connectivity index (χ3v) is 3.07. The van der Waals surface area contributed by atoms with Crippen molar-refractivity contribution < 1.29 is 18.9 Å². The fraction of sp³-hybridized carbons (Fsp3) is 0.900. The highest BCUT2D eigenvalue weighted by atomic mass is 16.8. The second-order valence-corrected chi connectivity index (χ2v) is 4.60. The van der Waals surface area contributed by atoms with Gasteiger partial charge in [-0.3, -0.25) is 0 Å². The Kier molecular flexibility index (Phi) is 1.86. The standard InChI is InChI=1S/C10H13NO4/c1-10(2)14-7-5(3-11)6-4-12-9(13-6)8(7)15-10/h5-9H,4H2,1-2H3/t5-,6-,7-,8+,9+/m1/s1. The summed E-state index contributed by atoms with van der Waals surface area (Å²) in [5, 5.41) is 9.11. The molecule has 3 fully saturated rings. The van der Waals surface area contributed by atoms with Crippen molar-refractivity contribution >= 4 is 0 Å². The molecule has 3 saturated heterocycles. The lowest BCUT2D eigenvalue weighted by Gasteiger charge is -2.30. The Hall–Kier alpha value is -0.670. The van der Waals surface area contributed by atoms with Crippen LogP contribution in [0.4, 0.5) is 0 Å². The van der Waals surface area contributed by atoms with Crippen LogP contribution in [-0.4, -0.2) is 37.0 Å². The fourth-order valence-corrected chi connectivity index (χ4v) is 2.47. The van der Waals surface area contributed by atoms with E-state index in [4.69, 9.17) is 24.2 Å². The van der Waals surface area contributed by atoms with E-state index in [0.29, 0.717) is 6.61 Å². The molecule has 15 heavy (non-hydrogen) atoms. The van der Waals surface area contributed by atoms with Crippen LogP contribution in [0.5, 0.6) is 0 Å². The summed E-state index contributed by atoms with van der Waals surface area (Å²) in [6.45, 7) is 4.14. The predicted octanol–water partition coefficient (Wildman–Crippen LogP) is 0.401. The summed E-state index contributed by atoms with van der Waals surface area (Å²) in [4.78, 5) is 0. The number of ether oxygens (including phenoxy) is 4. The van der Waals surface area contributed by atoms with Crippen LogP contribution in [-0.2, 0) is 18.9 Å². The van der Waals surface area contributed by atoms with Crippen molar-refractivity contribution in [3.63, 3.8) is 0 Å². The van der Waals surface area contributed by atoms with Gasteiger partial charge in [0.15, 0.2) is 12.1 Å². The highest BCUT2D eigenvalue weighted by Crippen LogP contribution is 2.43.